The molecule has 1 heterocycles. The summed E-state index contributed by atoms with van der Waals surface area (Å²) in [6, 6.07) is 6.99. The van der Waals surface area contributed by atoms with Gasteiger partial charge in [-0.1, -0.05) is 19.1 Å². The van der Waals surface area contributed by atoms with Gasteiger partial charge < -0.3 is 15.4 Å². The van der Waals surface area contributed by atoms with E-state index in [4.69, 9.17) is 10.5 Å². The maximum Gasteiger partial charge on any atom is 0.0750 e. The number of piperidine rings is 1. The Morgan fingerprint density at radius 2 is 2.24 bits per heavy atom. The highest BCUT2D eigenvalue weighted by Gasteiger charge is 2.21. The summed E-state index contributed by atoms with van der Waals surface area (Å²) < 4.78 is 5.94. The van der Waals surface area contributed by atoms with E-state index in [-0.39, 0.29) is 6.04 Å². The summed E-state index contributed by atoms with van der Waals surface area (Å²) >= 11 is 0. The van der Waals surface area contributed by atoms with Gasteiger partial charge in [-0.05, 0) is 56.7 Å². The molecule has 1 aliphatic rings. The normalized spacial score (nSPS) is 20.6. The van der Waals surface area contributed by atoms with Gasteiger partial charge in [-0.3, -0.25) is 0 Å². The topological polar surface area (TPSA) is 38.5 Å². The fourth-order valence-corrected chi connectivity index (χ4v) is 3.15. The van der Waals surface area contributed by atoms with Crippen molar-refractivity contribution in [2.24, 2.45) is 5.73 Å². The SMILES string of the molecule is CCCOC1CCCN(c2ccc(CC(C)N)cc2C)C1. The molecule has 0 saturated carbocycles. The summed E-state index contributed by atoms with van der Waals surface area (Å²) in [6.45, 7) is 9.47. The Labute approximate surface area is 129 Å². The lowest BCUT2D eigenvalue weighted by molar-refractivity contribution is 0.0440. The van der Waals surface area contributed by atoms with Crippen molar-refractivity contribution >= 4 is 5.69 Å². The van der Waals surface area contributed by atoms with Crippen molar-refractivity contribution in [2.45, 2.75) is 58.6 Å². The van der Waals surface area contributed by atoms with Gasteiger partial charge in [0.15, 0.2) is 0 Å². The minimum Gasteiger partial charge on any atom is -0.376 e. The second-order valence-corrected chi connectivity index (χ2v) is 6.38. The van der Waals surface area contributed by atoms with Gasteiger partial charge in [-0.2, -0.15) is 0 Å². The third-order valence-corrected chi connectivity index (χ3v) is 4.10. The van der Waals surface area contributed by atoms with Crippen molar-refractivity contribution in [3.8, 4) is 0 Å². The van der Waals surface area contributed by atoms with E-state index in [0.29, 0.717) is 6.10 Å². The molecule has 2 unspecified atom stereocenters. The van der Waals surface area contributed by atoms with Crippen molar-refractivity contribution in [1.29, 1.82) is 0 Å². The molecule has 1 aromatic rings. The minimum atomic E-state index is 0.220. The molecule has 2 atom stereocenters. The van der Waals surface area contributed by atoms with Crippen LogP contribution in [0.4, 0.5) is 5.69 Å². The van der Waals surface area contributed by atoms with E-state index in [0.717, 1.165) is 32.5 Å². The monoisotopic (exact) mass is 290 g/mol. The first-order valence-corrected chi connectivity index (χ1v) is 8.31. The molecule has 3 nitrogen and oxygen atoms in total. The van der Waals surface area contributed by atoms with Crippen molar-refractivity contribution in [2.75, 3.05) is 24.6 Å². The number of nitrogens with two attached hydrogens (primary N) is 1. The largest absolute Gasteiger partial charge is 0.376 e. The lowest BCUT2D eigenvalue weighted by Gasteiger charge is -2.35. The van der Waals surface area contributed by atoms with Crippen molar-refractivity contribution in [3.63, 3.8) is 0 Å². The standard InChI is InChI=1S/C18H30N2O/c1-4-10-21-17-6-5-9-20(13-17)18-8-7-16(11-14(18)2)12-15(3)19/h7-8,11,15,17H,4-6,9-10,12-13,19H2,1-3H3. The van der Waals surface area contributed by atoms with E-state index in [2.05, 4.69) is 43.9 Å². The van der Waals surface area contributed by atoms with Crippen LogP contribution in [0.2, 0.25) is 0 Å². The Balaban J connectivity index is 2.03. The highest BCUT2D eigenvalue weighted by atomic mass is 16.5. The zero-order valence-electron chi connectivity index (χ0n) is 13.8. The third-order valence-electron chi connectivity index (χ3n) is 4.10. The first-order chi connectivity index (χ1) is 10.1. The fraction of sp³-hybridized carbons (Fsp3) is 0.667. The maximum absolute atomic E-state index is 5.94. The molecule has 1 saturated heterocycles. The molecule has 1 aromatic carbocycles. The molecule has 3 heteroatoms. The van der Waals surface area contributed by atoms with Crippen LogP contribution in [0.5, 0.6) is 0 Å². The second-order valence-electron chi connectivity index (χ2n) is 6.38. The fourth-order valence-electron chi connectivity index (χ4n) is 3.15. The Morgan fingerprint density at radius 1 is 1.43 bits per heavy atom. The molecule has 0 amide bonds. The van der Waals surface area contributed by atoms with E-state index in [1.165, 1.54) is 29.7 Å². The Hall–Kier alpha value is -1.06. The molecular weight excluding hydrogens is 260 g/mol. The van der Waals surface area contributed by atoms with Crippen LogP contribution >= 0.6 is 0 Å². The highest BCUT2D eigenvalue weighted by Crippen LogP contribution is 2.26. The van der Waals surface area contributed by atoms with E-state index in [1.807, 2.05) is 0 Å². The minimum absolute atomic E-state index is 0.220. The molecule has 118 valence electrons. The zero-order valence-corrected chi connectivity index (χ0v) is 13.8. The average Bonchev–Trinajstić information content (AvgIpc) is 2.45. The van der Waals surface area contributed by atoms with Crippen LogP contribution in [0, 0.1) is 6.92 Å². The summed E-state index contributed by atoms with van der Waals surface area (Å²) in [6.07, 6.45) is 4.85. The number of ether oxygens (including phenoxy) is 1. The van der Waals surface area contributed by atoms with Gasteiger partial charge in [-0.15, -0.1) is 0 Å². The van der Waals surface area contributed by atoms with E-state index >= 15 is 0 Å². The lowest BCUT2D eigenvalue weighted by Crippen LogP contribution is -2.40. The summed E-state index contributed by atoms with van der Waals surface area (Å²) in [5.74, 6) is 0. The summed E-state index contributed by atoms with van der Waals surface area (Å²) in [5.41, 5.74) is 9.93. The van der Waals surface area contributed by atoms with Crippen LogP contribution in [0.25, 0.3) is 0 Å². The first-order valence-electron chi connectivity index (χ1n) is 8.31. The van der Waals surface area contributed by atoms with Gasteiger partial charge in [0.05, 0.1) is 6.10 Å². The Morgan fingerprint density at radius 3 is 2.90 bits per heavy atom. The first kappa shape index (κ1) is 16.3. The van der Waals surface area contributed by atoms with E-state index in [1.54, 1.807) is 0 Å². The summed E-state index contributed by atoms with van der Waals surface area (Å²) in [5, 5.41) is 0. The molecule has 0 aromatic heterocycles. The number of aryl methyl sites for hydroxylation is 1. The van der Waals surface area contributed by atoms with Crippen molar-refractivity contribution in [1.82, 2.24) is 0 Å². The molecule has 21 heavy (non-hydrogen) atoms. The number of anilines is 1. The van der Waals surface area contributed by atoms with Crippen LogP contribution in [0.15, 0.2) is 18.2 Å². The third kappa shape index (κ3) is 4.72. The Kier molecular flexibility index (Phi) is 6.07. The Bertz CT molecular complexity index is 445. The van der Waals surface area contributed by atoms with Crippen molar-refractivity contribution in [3.05, 3.63) is 29.3 Å². The smallest absolute Gasteiger partial charge is 0.0750 e. The maximum atomic E-state index is 5.94. The molecule has 0 aliphatic carbocycles. The lowest BCUT2D eigenvalue weighted by atomic mass is 10.0. The van der Waals surface area contributed by atoms with E-state index < -0.39 is 0 Å². The van der Waals surface area contributed by atoms with E-state index in [9.17, 15) is 0 Å². The molecule has 1 fully saturated rings. The zero-order chi connectivity index (χ0) is 15.2. The molecule has 2 rings (SSSR count). The molecular formula is C18H30N2O. The van der Waals surface area contributed by atoms with Crippen LogP contribution in [-0.2, 0) is 11.2 Å². The van der Waals surface area contributed by atoms with Gasteiger partial charge in [0.2, 0.25) is 0 Å². The number of hydrogen-bond acceptors (Lipinski definition) is 3. The summed E-state index contributed by atoms with van der Waals surface area (Å²) in [7, 11) is 0. The predicted octanol–water partition coefficient (Wildman–Crippen LogP) is 3.28. The molecule has 0 spiro atoms. The van der Waals surface area contributed by atoms with Gasteiger partial charge in [-0.25, -0.2) is 0 Å². The highest BCUT2D eigenvalue weighted by molar-refractivity contribution is 5.55. The molecule has 2 N–H and O–H groups in total. The molecule has 0 radical (unpaired) electrons. The molecule has 0 bridgehead atoms. The van der Waals surface area contributed by atoms with Crippen LogP contribution in [-0.4, -0.2) is 31.8 Å². The molecule has 1 aliphatic heterocycles. The predicted molar refractivity (Wildman–Crippen MR) is 90.0 cm³/mol. The number of hydrogen-bond donors (Lipinski definition) is 1. The van der Waals surface area contributed by atoms with Gasteiger partial charge >= 0.3 is 0 Å². The van der Waals surface area contributed by atoms with Crippen LogP contribution in [0.1, 0.15) is 44.2 Å². The average molecular weight is 290 g/mol. The number of nitrogens with zero attached hydrogens (tertiary/aromatic N) is 1. The van der Waals surface area contributed by atoms with Crippen LogP contribution in [0.3, 0.4) is 0 Å². The number of rotatable bonds is 6. The van der Waals surface area contributed by atoms with Gasteiger partial charge in [0.25, 0.3) is 0 Å². The quantitative estimate of drug-likeness (QED) is 0.874. The number of benzene rings is 1. The van der Waals surface area contributed by atoms with Gasteiger partial charge in [0, 0.05) is 31.4 Å². The van der Waals surface area contributed by atoms with Gasteiger partial charge in [0.1, 0.15) is 0 Å². The summed E-state index contributed by atoms with van der Waals surface area (Å²) in [4.78, 5) is 2.48. The van der Waals surface area contributed by atoms with Crippen LogP contribution < -0.4 is 10.6 Å². The van der Waals surface area contributed by atoms with Crippen molar-refractivity contribution < 1.29 is 4.74 Å². The second kappa shape index (κ2) is 7.81.